The SMILES string of the molecule is COC1=C(OC)C2C3Cc4cc5c(cc4C2(CC1=O)CC(=O)N3C)OCO5. The Kier molecular flexibility index (Phi) is 3.30. The predicted molar refractivity (Wildman–Crippen MR) is 93.3 cm³/mol. The quantitative estimate of drug-likeness (QED) is 0.785. The van der Waals surface area contributed by atoms with Crippen LogP contribution in [0.1, 0.15) is 24.0 Å². The summed E-state index contributed by atoms with van der Waals surface area (Å²) >= 11 is 0. The van der Waals surface area contributed by atoms with Gasteiger partial charge in [-0.2, -0.15) is 0 Å². The number of carbonyl (C=O) groups is 2. The van der Waals surface area contributed by atoms with Crippen molar-refractivity contribution >= 4 is 11.7 Å². The number of amides is 1. The van der Waals surface area contributed by atoms with Crippen LogP contribution in [0.3, 0.4) is 0 Å². The smallest absolute Gasteiger partial charge is 0.231 e. The molecule has 5 rings (SSSR count). The van der Waals surface area contributed by atoms with Gasteiger partial charge >= 0.3 is 0 Å². The maximum absolute atomic E-state index is 12.9. The summed E-state index contributed by atoms with van der Waals surface area (Å²) in [5.74, 6) is 1.98. The number of piperidine rings is 1. The van der Waals surface area contributed by atoms with E-state index in [2.05, 4.69) is 0 Å². The molecule has 2 aliphatic carbocycles. The second-order valence-electron chi connectivity index (χ2n) is 7.65. The highest BCUT2D eigenvalue weighted by Gasteiger charge is 2.61. The summed E-state index contributed by atoms with van der Waals surface area (Å²) in [6.07, 6.45) is 1.14. The van der Waals surface area contributed by atoms with Crippen LogP contribution in [0.25, 0.3) is 0 Å². The third-order valence-corrected chi connectivity index (χ3v) is 6.56. The lowest BCUT2D eigenvalue weighted by molar-refractivity contribution is -0.145. The minimum absolute atomic E-state index is 0.0451. The molecule has 2 heterocycles. The van der Waals surface area contributed by atoms with Crippen molar-refractivity contribution in [3.8, 4) is 11.5 Å². The molecule has 1 aromatic rings. The first-order chi connectivity index (χ1) is 13.0. The van der Waals surface area contributed by atoms with Crippen molar-refractivity contribution in [1.82, 2.24) is 4.90 Å². The number of ketones is 1. The standard InChI is InChI=1S/C20H21NO6/c1-21-12-4-10-5-14-15(27-9-26-14)6-11(10)20(8-16(21)23)7-13(22)18(24-2)19(25-3)17(12)20/h5-6,12,17H,4,7-9H2,1-3H3. The van der Waals surface area contributed by atoms with Crippen LogP contribution in [0.5, 0.6) is 11.5 Å². The Morgan fingerprint density at radius 1 is 1.11 bits per heavy atom. The molecule has 4 aliphatic rings. The summed E-state index contributed by atoms with van der Waals surface area (Å²) in [7, 11) is 4.88. The van der Waals surface area contributed by atoms with Crippen LogP contribution in [-0.4, -0.2) is 50.7 Å². The van der Waals surface area contributed by atoms with Crippen molar-refractivity contribution < 1.29 is 28.5 Å². The van der Waals surface area contributed by atoms with Crippen molar-refractivity contribution in [2.24, 2.45) is 5.92 Å². The molecule has 0 radical (unpaired) electrons. The van der Waals surface area contributed by atoms with Gasteiger partial charge in [-0.25, -0.2) is 0 Å². The second kappa shape index (κ2) is 5.41. The topological polar surface area (TPSA) is 74.3 Å². The predicted octanol–water partition coefficient (Wildman–Crippen LogP) is 1.53. The molecule has 2 bridgehead atoms. The summed E-state index contributed by atoms with van der Waals surface area (Å²) in [6, 6.07) is 3.85. The van der Waals surface area contributed by atoms with Crippen molar-refractivity contribution in [3.05, 3.63) is 34.8 Å². The summed E-state index contributed by atoms with van der Waals surface area (Å²) in [4.78, 5) is 27.5. The minimum Gasteiger partial charge on any atom is -0.497 e. The monoisotopic (exact) mass is 371 g/mol. The molecule has 2 aliphatic heterocycles. The molecule has 0 saturated carbocycles. The molecule has 7 nitrogen and oxygen atoms in total. The summed E-state index contributed by atoms with van der Waals surface area (Å²) in [6.45, 7) is 0.187. The van der Waals surface area contributed by atoms with E-state index in [1.807, 2.05) is 19.2 Å². The van der Waals surface area contributed by atoms with Crippen LogP contribution >= 0.6 is 0 Å². The fourth-order valence-electron chi connectivity index (χ4n) is 5.41. The Bertz CT molecular complexity index is 906. The molecule has 1 fully saturated rings. The zero-order valence-electron chi connectivity index (χ0n) is 15.5. The van der Waals surface area contributed by atoms with Crippen LogP contribution in [0.4, 0.5) is 0 Å². The zero-order valence-corrected chi connectivity index (χ0v) is 15.5. The van der Waals surface area contributed by atoms with Crippen molar-refractivity contribution in [2.75, 3.05) is 28.1 Å². The molecule has 3 unspecified atom stereocenters. The maximum atomic E-state index is 12.9. The highest BCUT2D eigenvalue weighted by molar-refractivity contribution is 5.98. The van der Waals surface area contributed by atoms with E-state index in [4.69, 9.17) is 18.9 Å². The van der Waals surface area contributed by atoms with Gasteiger partial charge in [0.15, 0.2) is 17.3 Å². The van der Waals surface area contributed by atoms with E-state index in [-0.39, 0.29) is 49.0 Å². The van der Waals surface area contributed by atoms with Crippen LogP contribution in [0.2, 0.25) is 0 Å². The number of methoxy groups -OCH3 is 2. The molecule has 7 heteroatoms. The fraction of sp³-hybridized carbons (Fsp3) is 0.500. The molecule has 0 aromatic heterocycles. The number of fused-ring (bicyclic) bond motifs is 2. The van der Waals surface area contributed by atoms with Gasteiger partial charge in [0.2, 0.25) is 18.5 Å². The Morgan fingerprint density at radius 3 is 2.56 bits per heavy atom. The van der Waals surface area contributed by atoms with Gasteiger partial charge in [0, 0.05) is 31.3 Å². The zero-order chi connectivity index (χ0) is 18.9. The lowest BCUT2D eigenvalue weighted by atomic mass is 9.53. The number of rotatable bonds is 2. The van der Waals surface area contributed by atoms with E-state index in [1.165, 1.54) is 7.11 Å². The van der Waals surface area contributed by atoms with Gasteiger partial charge in [-0.05, 0) is 29.7 Å². The molecule has 1 saturated heterocycles. The largest absolute Gasteiger partial charge is 0.497 e. The third-order valence-electron chi connectivity index (χ3n) is 6.56. The van der Waals surface area contributed by atoms with Gasteiger partial charge in [-0.15, -0.1) is 0 Å². The number of nitrogens with zero attached hydrogens (tertiary/aromatic N) is 1. The van der Waals surface area contributed by atoms with Crippen LogP contribution in [0, 0.1) is 5.92 Å². The number of Topliss-reactive ketones (excluding diaryl/α,β-unsaturated/α-hetero) is 1. The van der Waals surface area contributed by atoms with E-state index >= 15 is 0 Å². The first kappa shape index (κ1) is 16.5. The average Bonchev–Trinajstić information content (AvgIpc) is 3.10. The van der Waals surface area contributed by atoms with Gasteiger partial charge < -0.3 is 23.8 Å². The number of ether oxygens (including phenoxy) is 4. The number of benzene rings is 1. The third kappa shape index (κ3) is 1.97. The summed E-state index contributed by atoms with van der Waals surface area (Å²) < 4.78 is 22.2. The van der Waals surface area contributed by atoms with E-state index in [9.17, 15) is 9.59 Å². The van der Waals surface area contributed by atoms with E-state index in [1.54, 1.807) is 12.0 Å². The Morgan fingerprint density at radius 2 is 1.85 bits per heavy atom. The van der Waals surface area contributed by atoms with Gasteiger partial charge in [-0.3, -0.25) is 9.59 Å². The second-order valence-corrected chi connectivity index (χ2v) is 7.65. The van der Waals surface area contributed by atoms with Gasteiger partial charge in [0.05, 0.1) is 20.1 Å². The Hall–Kier alpha value is -2.70. The van der Waals surface area contributed by atoms with Crippen LogP contribution in [0.15, 0.2) is 23.7 Å². The molecule has 1 amide bonds. The van der Waals surface area contributed by atoms with Crippen molar-refractivity contribution in [3.63, 3.8) is 0 Å². The summed E-state index contributed by atoms with van der Waals surface area (Å²) in [5.41, 5.74) is 1.45. The highest BCUT2D eigenvalue weighted by atomic mass is 16.7. The molecule has 27 heavy (non-hydrogen) atoms. The minimum atomic E-state index is -0.646. The molecule has 1 aromatic carbocycles. The normalized spacial score (nSPS) is 30.9. The average molecular weight is 371 g/mol. The molecular weight excluding hydrogens is 350 g/mol. The van der Waals surface area contributed by atoms with E-state index in [0.29, 0.717) is 17.9 Å². The van der Waals surface area contributed by atoms with Crippen molar-refractivity contribution in [2.45, 2.75) is 30.7 Å². The summed E-state index contributed by atoms with van der Waals surface area (Å²) in [5, 5.41) is 0. The number of allylic oxidation sites excluding steroid dienone is 1. The van der Waals surface area contributed by atoms with Gasteiger partial charge in [-0.1, -0.05) is 0 Å². The molecule has 0 N–H and O–H groups in total. The van der Waals surface area contributed by atoms with E-state index < -0.39 is 5.41 Å². The molecular formula is C20H21NO6. The lowest BCUT2D eigenvalue weighted by Crippen LogP contribution is -2.63. The van der Waals surface area contributed by atoms with Crippen molar-refractivity contribution in [1.29, 1.82) is 0 Å². The van der Waals surface area contributed by atoms with Gasteiger partial charge in [0.25, 0.3) is 0 Å². The Balaban J connectivity index is 1.79. The van der Waals surface area contributed by atoms with Crippen LogP contribution < -0.4 is 9.47 Å². The highest BCUT2D eigenvalue weighted by Crippen LogP contribution is 2.58. The number of carbonyl (C=O) groups excluding carboxylic acids is 2. The number of hydrogen-bond acceptors (Lipinski definition) is 6. The lowest BCUT2D eigenvalue weighted by Gasteiger charge is -2.56. The maximum Gasteiger partial charge on any atom is 0.231 e. The number of hydrogen-bond donors (Lipinski definition) is 0. The first-order valence-electron chi connectivity index (χ1n) is 9.04. The van der Waals surface area contributed by atoms with Crippen LogP contribution in [-0.2, 0) is 30.9 Å². The number of likely N-dealkylation sites (tertiary alicyclic amines) is 1. The fourth-order valence-corrected chi connectivity index (χ4v) is 5.41. The molecule has 3 atom stereocenters. The molecule has 142 valence electrons. The number of likely N-dealkylation sites (N-methyl/N-ethyl adjacent to an activating group) is 1. The van der Waals surface area contributed by atoms with E-state index in [0.717, 1.165) is 16.9 Å². The Labute approximate surface area is 156 Å². The first-order valence-corrected chi connectivity index (χ1v) is 9.04. The molecule has 0 spiro atoms. The van der Waals surface area contributed by atoms with Gasteiger partial charge in [0.1, 0.15) is 5.76 Å².